The molecule has 0 saturated heterocycles. The van der Waals surface area contributed by atoms with E-state index in [0.29, 0.717) is 0 Å². The molecule has 1 unspecified atom stereocenters. The van der Waals surface area contributed by atoms with Crippen LogP contribution in [0.5, 0.6) is 0 Å². The highest BCUT2D eigenvalue weighted by Gasteiger charge is 2.16. The number of nitrogens with two attached hydrogens (primary N) is 1. The van der Waals surface area contributed by atoms with Crippen molar-refractivity contribution in [3.8, 4) is 0 Å². The second kappa shape index (κ2) is 6.33. The molecular formula is C8H16N2O4. The summed E-state index contributed by atoms with van der Waals surface area (Å²) in [4.78, 5) is 22.6. The van der Waals surface area contributed by atoms with Crippen LogP contribution in [0.4, 0.5) is 0 Å². The molecule has 0 rings (SSSR count). The second-order valence-corrected chi connectivity index (χ2v) is 3.16. The maximum atomic E-state index is 10.6. The summed E-state index contributed by atoms with van der Waals surface area (Å²) >= 11 is 0. The molecule has 6 nitrogen and oxygen atoms in total. The summed E-state index contributed by atoms with van der Waals surface area (Å²) in [5, 5.41) is 17.3. The molecule has 14 heavy (non-hydrogen) atoms. The fraction of sp³-hybridized carbons (Fsp3) is 0.750. The first-order chi connectivity index (χ1) is 6.47. The Hall–Kier alpha value is -1.14. The molecule has 82 valence electrons. The smallest absolute Gasteiger partial charge is 0.307 e. The normalized spacial score (nSPS) is 12.8. The number of aliphatic hydroxyl groups excluding tert-OH is 1. The Morgan fingerprint density at radius 1 is 1.50 bits per heavy atom. The minimum atomic E-state index is -0.933. The van der Waals surface area contributed by atoms with Crippen LogP contribution in [0, 0.1) is 5.92 Å². The lowest BCUT2D eigenvalue weighted by Crippen LogP contribution is -2.39. The zero-order chi connectivity index (χ0) is 11.1. The fourth-order valence-corrected chi connectivity index (χ4v) is 1.06. The van der Waals surface area contributed by atoms with Gasteiger partial charge in [-0.15, -0.1) is 0 Å². The van der Waals surface area contributed by atoms with E-state index in [1.165, 1.54) is 11.8 Å². The Labute approximate surface area is 82.3 Å². The number of amides is 1. The van der Waals surface area contributed by atoms with Gasteiger partial charge in [0.05, 0.1) is 19.1 Å². The Balaban J connectivity index is 4.07. The Bertz CT molecular complexity index is 208. The van der Waals surface area contributed by atoms with Gasteiger partial charge in [0.25, 0.3) is 0 Å². The zero-order valence-electron chi connectivity index (χ0n) is 8.14. The average molecular weight is 204 g/mol. The summed E-state index contributed by atoms with van der Waals surface area (Å²) in [7, 11) is 0. The number of nitrogens with zero attached hydrogens (tertiary/aromatic N) is 1. The van der Waals surface area contributed by atoms with Crippen LogP contribution in [0.2, 0.25) is 0 Å². The molecule has 0 heterocycles. The summed E-state index contributed by atoms with van der Waals surface area (Å²) < 4.78 is 0. The number of aliphatic carboxylic acids is 1. The molecule has 1 atom stereocenters. The van der Waals surface area contributed by atoms with E-state index in [9.17, 15) is 9.59 Å². The van der Waals surface area contributed by atoms with Crippen molar-refractivity contribution < 1.29 is 19.8 Å². The van der Waals surface area contributed by atoms with Gasteiger partial charge in [-0.3, -0.25) is 14.5 Å². The Kier molecular flexibility index (Phi) is 5.82. The number of carbonyl (C=O) groups is 2. The van der Waals surface area contributed by atoms with E-state index in [2.05, 4.69) is 0 Å². The fourth-order valence-electron chi connectivity index (χ4n) is 1.06. The third-order valence-corrected chi connectivity index (χ3v) is 1.75. The third-order valence-electron chi connectivity index (χ3n) is 1.75. The molecule has 0 aliphatic heterocycles. The van der Waals surface area contributed by atoms with Crippen LogP contribution in [0.15, 0.2) is 0 Å². The van der Waals surface area contributed by atoms with E-state index in [1.807, 2.05) is 0 Å². The van der Waals surface area contributed by atoms with Crippen molar-refractivity contribution in [2.24, 2.45) is 11.7 Å². The van der Waals surface area contributed by atoms with Gasteiger partial charge in [0, 0.05) is 13.1 Å². The monoisotopic (exact) mass is 204 g/mol. The van der Waals surface area contributed by atoms with Crippen LogP contribution in [0.1, 0.15) is 6.92 Å². The lowest BCUT2D eigenvalue weighted by molar-refractivity contribution is -0.142. The molecule has 0 aromatic rings. The molecule has 0 aromatic heterocycles. The van der Waals surface area contributed by atoms with Gasteiger partial charge in [-0.2, -0.15) is 0 Å². The van der Waals surface area contributed by atoms with Crippen LogP contribution in [-0.4, -0.2) is 53.2 Å². The summed E-state index contributed by atoms with van der Waals surface area (Å²) in [6.07, 6.45) is 0. The molecule has 6 heteroatoms. The number of hydrogen-bond acceptors (Lipinski definition) is 4. The van der Waals surface area contributed by atoms with Crippen LogP contribution in [0.3, 0.4) is 0 Å². The van der Waals surface area contributed by atoms with Crippen molar-refractivity contribution in [2.75, 3.05) is 26.2 Å². The van der Waals surface area contributed by atoms with Gasteiger partial charge in [-0.1, -0.05) is 6.92 Å². The number of carboxylic acid groups (broad SMARTS) is 1. The Morgan fingerprint density at radius 3 is 2.43 bits per heavy atom. The molecule has 0 saturated carbocycles. The quantitative estimate of drug-likeness (QED) is 0.467. The summed E-state index contributed by atoms with van der Waals surface area (Å²) in [6.45, 7) is 1.84. The SMILES string of the molecule is CC(CN(CCO)CC(N)=O)C(=O)O. The van der Waals surface area contributed by atoms with E-state index in [-0.39, 0.29) is 26.2 Å². The number of rotatable bonds is 7. The maximum absolute atomic E-state index is 10.6. The second-order valence-electron chi connectivity index (χ2n) is 3.16. The topological polar surface area (TPSA) is 104 Å². The van der Waals surface area contributed by atoms with Gasteiger partial charge < -0.3 is 15.9 Å². The van der Waals surface area contributed by atoms with Crippen molar-refractivity contribution in [3.05, 3.63) is 0 Å². The predicted octanol–water partition coefficient (Wildman–Crippen LogP) is -1.51. The molecular weight excluding hydrogens is 188 g/mol. The standard InChI is InChI=1S/C8H16N2O4/c1-6(8(13)14)4-10(2-3-11)5-7(9)12/h6,11H,2-5H2,1H3,(H2,9,12)(H,13,14). The molecule has 0 aliphatic carbocycles. The first kappa shape index (κ1) is 12.9. The van der Waals surface area contributed by atoms with Crippen LogP contribution >= 0.6 is 0 Å². The van der Waals surface area contributed by atoms with Crippen LogP contribution in [-0.2, 0) is 9.59 Å². The highest BCUT2D eigenvalue weighted by Crippen LogP contribution is 1.99. The van der Waals surface area contributed by atoms with E-state index in [0.717, 1.165) is 0 Å². The van der Waals surface area contributed by atoms with Gasteiger partial charge in [0.2, 0.25) is 5.91 Å². The lowest BCUT2D eigenvalue weighted by Gasteiger charge is -2.21. The van der Waals surface area contributed by atoms with Gasteiger partial charge in [0.15, 0.2) is 0 Å². The van der Waals surface area contributed by atoms with Crippen molar-refractivity contribution in [1.29, 1.82) is 0 Å². The van der Waals surface area contributed by atoms with E-state index >= 15 is 0 Å². The van der Waals surface area contributed by atoms with Crippen molar-refractivity contribution >= 4 is 11.9 Å². The van der Waals surface area contributed by atoms with Crippen LogP contribution in [0.25, 0.3) is 0 Å². The Morgan fingerprint density at radius 2 is 2.07 bits per heavy atom. The first-order valence-corrected chi connectivity index (χ1v) is 4.31. The highest BCUT2D eigenvalue weighted by molar-refractivity contribution is 5.76. The summed E-state index contributed by atoms with van der Waals surface area (Å²) in [5.74, 6) is -2.05. The van der Waals surface area contributed by atoms with E-state index < -0.39 is 17.8 Å². The molecule has 0 radical (unpaired) electrons. The minimum absolute atomic E-state index is 0.0296. The lowest BCUT2D eigenvalue weighted by atomic mass is 10.1. The van der Waals surface area contributed by atoms with E-state index in [4.69, 9.17) is 15.9 Å². The zero-order valence-corrected chi connectivity index (χ0v) is 8.14. The average Bonchev–Trinajstić information content (AvgIpc) is 2.02. The van der Waals surface area contributed by atoms with Crippen LogP contribution < -0.4 is 5.73 Å². The van der Waals surface area contributed by atoms with Crippen molar-refractivity contribution in [3.63, 3.8) is 0 Å². The number of primary amides is 1. The summed E-state index contributed by atoms with van der Waals surface area (Å²) in [5.41, 5.74) is 4.97. The molecule has 0 aliphatic rings. The third kappa shape index (κ3) is 5.50. The maximum Gasteiger partial charge on any atom is 0.307 e. The predicted molar refractivity (Wildman–Crippen MR) is 49.5 cm³/mol. The molecule has 0 spiro atoms. The molecule has 0 fully saturated rings. The van der Waals surface area contributed by atoms with Gasteiger partial charge >= 0.3 is 5.97 Å². The highest BCUT2D eigenvalue weighted by atomic mass is 16.4. The largest absolute Gasteiger partial charge is 0.481 e. The van der Waals surface area contributed by atoms with Gasteiger partial charge in [-0.05, 0) is 0 Å². The number of hydrogen-bond donors (Lipinski definition) is 3. The summed E-state index contributed by atoms with van der Waals surface area (Å²) in [6, 6.07) is 0. The molecule has 0 aromatic carbocycles. The number of carboxylic acids is 1. The molecule has 0 bridgehead atoms. The minimum Gasteiger partial charge on any atom is -0.481 e. The van der Waals surface area contributed by atoms with Gasteiger partial charge in [0.1, 0.15) is 0 Å². The van der Waals surface area contributed by atoms with E-state index in [1.54, 1.807) is 0 Å². The van der Waals surface area contributed by atoms with Crippen molar-refractivity contribution in [2.45, 2.75) is 6.92 Å². The van der Waals surface area contributed by atoms with Crippen molar-refractivity contribution in [1.82, 2.24) is 4.90 Å². The molecule has 4 N–H and O–H groups in total. The number of carbonyl (C=O) groups excluding carboxylic acids is 1. The molecule has 1 amide bonds. The van der Waals surface area contributed by atoms with Gasteiger partial charge in [-0.25, -0.2) is 0 Å². The first-order valence-electron chi connectivity index (χ1n) is 4.31. The number of aliphatic hydroxyl groups is 1.